The largest absolute Gasteiger partial charge is 0.488 e. The number of nitriles is 2. The predicted molar refractivity (Wildman–Crippen MR) is 133 cm³/mol. The lowest BCUT2D eigenvalue weighted by Gasteiger charge is -2.12. The van der Waals surface area contributed by atoms with E-state index < -0.39 is 5.82 Å². The summed E-state index contributed by atoms with van der Waals surface area (Å²) in [6.07, 6.45) is 1.49. The molecule has 0 amide bonds. The number of allylic oxidation sites excluding steroid dienone is 1. The standard InChI is InChI=1S/C26H16Cl2FN5O/c27-18-9-10-24(35-15-21-22(28)7-4-8-23(21)29)16(12-18)11-17(13-30)25-20(14-31)26(32)34(33-25)19-5-2-1-3-6-19/h1-12H,15,32H2/b17-11+. The Bertz CT molecular complexity index is 1500. The first-order valence-corrected chi connectivity index (χ1v) is 11.0. The van der Waals surface area contributed by atoms with Crippen molar-refractivity contribution >= 4 is 40.7 Å². The van der Waals surface area contributed by atoms with E-state index in [0.717, 1.165) is 0 Å². The Morgan fingerprint density at radius 1 is 1.09 bits per heavy atom. The van der Waals surface area contributed by atoms with E-state index in [0.29, 0.717) is 22.0 Å². The molecule has 0 aliphatic rings. The second-order valence-electron chi connectivity index (χ2n) is 7.31. The van der Waals surface area contributed by atoms with Gasteiger partial charge in [0.1, 0.15) is 47.4 Å². The van der Waals surface area contributed by atoms with Crippen LogP contribution < -0.4 is 10.5 Å². The molecule has 0 bridgehead atoms. The molecule has 0 saturated heterocycles. The van der Waals surface area contributed by atoms with Crippen LogP contribution in [0.4, 0.5) is 10.2 Å². The maximum Gasteiger partial charge on any atom is 0.145 e. The molecule has 4 rings (SSSR count). The van der Waals surface area contributed by atoms with E-state index in [-0.39, 0.29) is 39.8 Å². The van der Waals surface area contributed by atoms with Crippen LogP contribution in [0, 0.1) is 28.5 Å². The summed E-state index contributed by atoms with van der Waals surface area (Å²) in [6, 6.07) is 22.2. The number of anilines is 1. The van der Waals surface area contributed by atoms with Gasteiger partial charge in [-0.15, -0.1) is 0 Å². The van der Waals surface area contributed by atoms with Crippen LogP contribution in [0.3, 0.4) is 0 Å². The normalized spacial score (nSPS) is 11.1. The number of benzene rings is 3. The molecule has 2 N–H and O–H groups in total. The third-order valence-corrected chi connectivity index (χ3v) is 5.70. The summed E-state index contributed by atoms with van der Waals surface area (Å²) in [5, 5.41) is 24.7. The van der Waals surface area contributed by atoms with E-state index in [1.165, 1.54) is 22.9 Å². The summed E-state index contributed by atoms with van der Waals surface area (Å²) >= 11 is 12.3. The monoisotopic (exact) mass is 503 g/mol. The van der Waals surface area contributed by atoms with E-state index in [9.17, 15) is 14.9 Å². The fourth-order valence-electron chi connectivity index (χ4n) is 3.39. The number of para-hydroxylation sites is 1. The number of nitrogens with zero attached hydrogens (tertiary/aromatic N) is 4. The lowest BCUT2D eigenvalue weighted by molar-refractivity contribution is 0.299. The molecule has 0 aliphatic carbocycles. The first kappa shape index (κ1) is 23.8. The van der Waals surface area contributed by atoms with Crippen molar-refractivity contribution in [1.82, 2.24) is 9.78 Å². The van der Waals surface area contributed by atoms with Crippen molar-refractivity contribution in [2.24, 2.45) is 0 Å². The van der Waals surface area contributed by atoms with Gasteiger partial charge < -0.3 is 10.5 Å². The molecule has 1 aromatic heterocycles. The van der Waals surface area contributed by atoms with Crippen LogP contribution in [0.25, 0.3) is 17.3 Å². The lowest BCUT2D eigenvalue weighted by atomic mass is 10.1. The van der Waals surface area contributed by atoms with Gasteiger partial charge in [-0.2, -0.15) is 15.6 Å². The quantitative estimate of drug-likeness (QED) is 0.306. The van der Waals surface area contributed by atoms with E-state index in [4.69, 9.17) is 33.7 Å². The molecule has 0 unspecified atom stereocenters. The van der Waals surface area contributed by atoms with E-state index in [1.54, 1.807) is 48.5 Å². The van der Waals surface area contributed by atoms with Crippen LogP contribution in [0.1, 0.15) is 22.4 Å². The smallest absolute Gasteiger partial charge is 0.145 e. The zero-order valence-electron chi connectivity index (χ0n) is 18.0. The molecule has 172 valence electrons. The Balaban J connectivity index is 1.76. The third kappa shape index (κ3) is 4.97. The molecule has 0 atom stereocenters. The van der Waals surface area contributed by atoms with Crippen molar-refractivity contribution in [2.75, 3.05) is 5.73 Å². The molecule has 6 nitrogen and oxygen atoms in total. The van der Waals surface area contributed by atoms with Crippen LogP contribution in [-0.4, -0.2) is 9.78 Å². The predicted octanol–water partition coefficient (Wildman–Crippen LogP) is 6.42. The highest BCUT2D eigenvalue weighted by Crippen LogP contribution is 2.31. The van der Waals surface area contributed by atoms with Crippen LogP contribution in [0.15, 0.2) is 66.7 Å². The minimum atomic E-state index is -0.498. The average Bonchev–Trinajstić information content (AvgIpc) is 3.19. The van der Waals surface area contributed by atoms with Gasteiger partial charge in [0.05, 0.1) is 16.3 Å². The van der Waals surface area contributed by atoms with Crippen molar-refractivity contribution in [1.29, 1.82) is 10.5 Å². The number of nitrogens with two attached hydrogens (primary N) is 1. The number of nitrogen functional groups attached to an aromatic ring is 1. The molecule has 0 fully saturated rings. The molecule has 9 heteroatoms. The first-order chi connectivity index (χ1) is 16.9. The maximum atomic E-state index is 14.2. The average molecular weight is 504 g/mol. The number of aromatic nitrogens is 2. The van der Waals surface area contributed by atoms with Gasteiger partial charge in [-0.1, -0.05) is 47.5 Å². The molecular formula is C26H16Cl2FN5O. The van der Waals surface area contributed by atoms with Gasteiger partial charge in [-0.05, 0) is 48.5 Å². The third-order valence-electron chi connectivity index (χ3n) is 5.11. The fraction of sp³-hybridized carbons (Fsp3) is 0.0385. The van der Waals surface area contributed by atoms with Gasteiger partial charge in [0.2, 0.25) is 0 Å². The molecule has 35 heavy (non-hydrogen) atoms. The van der Waals surface area contributed by atoms with Crippen LogP contribution in [-0.2, 0) is 6.61 Å². The Hall–Kier alpha value is -4.30. The van der Waals surface area contributed by atoms with Gasteiger partial charge in [0, 0.05) is 16.1 Å². The highest BCUT2D eigenvalue weighted by Gasteiger charge is 2.20. The second kappa shape index (κ2) is 10.3. The number of halogens is 3. The summed E-state index contributed by atoms with van der Waals surface area (Å²) in [4.78, 5) is 0. The number of hydrogen-bond acceptors (Lipinski definition) is 5. The van der Waals surface area contributed by atoms with Crippen molar-refractivity contribution in [2.45, 2.75) is 6.61 Å². The van der Waals surface area contributed by atoms with Crippen LogP contribution in [0.5, 0.6) is 5.75 Å². The van der Waals surface area contributed by atoms with Crippen molar-refractivity contribution in [3.05, 3.63) is 105 Å². The summed E-state index contributed by atoms with van der Waals surface area (Å²) in [6.45, 7) is -0.144. The van der Waals surface area contributed by atoms with Crippen molar-refractivity contribution in [3.63, 3.8) is 0 Å². The number of rotatable bonds is 6. The Labute approximate surface area is 210 Å². The van der Waals surface area contributed by atoms with E-state index in [2.05, 4.69) is 11.2 Å². The summed E-state index contributed by atoms with van der Waals surface area (Å²) in [5.41, 5.74) is 7.67. The Morgan fingerprint density at radius 2 is 1.86 bits per heavy atom. The fourth-order valence-corrected chi connectivity index (χ4v) is 3.79. The van der Waals surface area contributed by atoms with Crippen LogP contribution in [0.2, 0.25) is 10.0 Å². The summed E-state index contributed by atoms with van der Waals surface area (Å²) < 4.78 is 21.4. The van der Waals surface area contributed by atoms with Gasteiger partial charge in [0.15, 0.2) is 0 Å². The van der Waals surface area contributed by atoms with E-state index in [1.807, 2.05) is 12.1 Å². The highest BCUT2D eigenvalue weighted by molar-refractivity contribution is 6.31. The Morgan fingerprint density at radius 3 is 2.54 bits per heavy atom. The SMILES string of the molecule is N#C/C(=C\c1cc(Cl)ccc1OCc1c(F)cccc1Cl)c1nn(-c2ccccc2)c(N)c1C#N. The highest BCUT2D eigenvalue weighted by atomic mass is 35.5. The zero-order chi connectivity index (χ0) is 24.9. The maximum absolute atomic E-state index is 14.2. The molecular weight excluding hydrogens is 488 g/mol. The molecule has 0 saturated carbocycles. The zero-order valence-corrected chi connectivity index (χ0v) is 19.6. The molecule has 0 aliphatic heterocycles. The first-order valence-electron chi connectivity index (χ1n) is 10.2. The number of ether oxygens (including phenoxy) is 1. The van der Waals surface area contributed by atoms with Crippen molar-refractivity contribution in [3.8, 4) is 23.6 Å². The minimum Gasteiger partial charge on any atom is -0.488 e. The molecule has 4 aromatic rings. The topological polar surface area (TPSA) is 101 Å². The summed E-state index contributed by atoms with van der Waals surface area (Å²) in [5.74, 6) is -0.0658. The van der Waals surface area contributed by atoms with Gasteiger partial charge in [-0.25, -0.2) is 9.07 Å². The Kier molecular flexibility index (Phi) is 7.03. The molecule has 0 spiro atoms. The minimum absolute atomic E-state index is 0.0595. The van der Waals surface area contributed by atoms with Gasteiger partial charge in [-0.3, -0.25) is 0 Å². The van der Waals surface area contributed by atoms with Crippen molar-refractivity contribution < 1.29 is 9.13 Å². The molecule has 3 aromatic carbocycles. The lowest BCUT2D eigenvalue weighted by Crippen LogP contribution is -2.02. The second-order valence-corrected chi connectivity index (χ2v) is 8.15. The molecule has 1 heterocycles. The van der Waals surface area contributed by atoms with Crippen LogP contribution >= 0.6 is 23.2 Å². The number of hydrogen-bond donors (Lipinski definition) is 1. The molecule has 0 radical (unpaired) electrons. The van der Waals surface area contributed by atoms with Gasteiger partial charge >= 0.3 is 0 Å². The van der Waals surface area contributed by atoms with Gasteiger partial charge in [0.25, 0.3) is 0 Å². The van der Waals surface area contributed by atoms with E-state index >= 15 is 0 Å². The summed E-state index contributed by atoms with van der Waals surface area (Å²) in [7, 11) is 0.